The molecule has 0 aromatic heterocycles. The first-order valence-corrected chi connectivity index (χ1v) is 11.4. The number of benzene rings is 4. The number of carbonyl (C=O) groups is 1. The molecule has 6 nitrogen and oxygen atoms in total. The minimum atomic E-state index is -3.92. The number of hydrogen-bond acceptors (Lipinski definition) is 4. The Morgan fingerprint density at radius 3 is 2.21 bits per heavy atom. The third-order valence-electron chi connectivity index (χ3n) is 5.00. The minimum absolute atomic E-state index is 0.130. The average Bonchev–Trinajstić information content (AvgIpc) is 2.82. The number of para-hydroxylation sites is 1. The fourth-order valence-corrected chi connectivity index (χ4v) is 4.66. The number of rotatable bonds is 5. The first kappa shape index (κ1) is 21.9. The van der Waals surface area contributed by atoms with Gasteiger partial charge in [-0.1, -0.05) is 48.2 Å². The zero-order chi connectivity index (χ0) is 23.4. The van der Waals surface area contributed by atoms with Gasteiger partial charge in [-0.05, 0) is 48.5 Å². The van der Waals surface area contributed by atoms with Crippen LogP contribution in [0.15, 0.2) is 89.8 Å². The number of nitrogens with one attached hydrogen (secondary N) is 1. The summed E-state index contributed by atoms with van der Waals surface area (Å²) in [7, 11) is -2.38. The van der Waals surface area contributed by atoms with Gasteiger partial charge in [0.15, 0.2) is 0 Å². The summed E-state index contributed by atoms with van der Waals surface area (Å²) in [6.07, 6.45) is 0. The van der Waals surface area contributed by atoms with Gasteiger partial charge in [0.1, 0.15) is 5.75 Å². The highest BCUT2D eigenvalue weighted by molar-refractivity contribution is 7.93. The second-order valence-electron chi connectivity index (χ2n) is 7.10. The van der Waals surface area contributed by atoms with Crippen LogP contribution >= 0.6 is 0 Å². The molecule has 7 heteroatoms. The van der Waals surface area contributed by atoms with Gasteiger partial charge >= 0.3 is 5.97 Å². The normalized spacial score (nSPS) is 10.8. The van der Waals surface area contributed by atoms with Crippen LogP contribution in [0.4, 0.5) is 5.69 Å². The van der Waals surface area contributed by atoms with Crippen molar-refractivity contribution in [2.75, 3.05) is 11.8 Å². The predicted octanol–water partition coefficient (Wildman–Crippen LogP) is 4.75. The number of anilines is 1. The summed E-state index contributed by atoms with van der Waals surface area (Å²) in [5, 5.41) is 10.3. The number of methoxy groups -OCH3 is 1. The molecular formula is C26H19NO5S. The van der Waals surface area contributed by atoms with Crippen molar-refractivity contribution in [3.05, 3.63) is 102 Å². The predicted molar refractivity (Wildman–Crippen MR) is 127 cm³/mol. The summed E-state index contributed by atoms with van der Waals surface area (Å²) < 4.78 is 34.6. The molecule has 33 heavy (non-hydrogen) atoms. The molecule has 4 rings (SSSR count). The summed E-state index contributed by atoms with van der Waals surface area (Å²) in [5.41, 5.74) is 1.60. The lowest BCUT2D eigenvalue weighted by Crippen LogP contribution is -2.14. The fraction of sp³-hybridized carbons (Fsp3) is 0.0385. The lowest BCUT2D eigenvalue weighted by Gasteiger charge is -2.13. The number of sulfonamides is 1. The fourth-order valence-electron chi connectivity index (χ4n) is 3.37. The number of aromatic carboxylic acids is 1. The maximum Gasteiger partial charge on any atom is 0.335 e. The van der Waals surface area contributed by atoms with Crippen LogP contribution in [0, 0.1) is 11.8 Å². The van der Waals surface area contributed by atoms with Gasteiger partial charge in [0, 0.05) is 21.9 Å². The topological polar surface area (TPSA) is 92.7 Å². The van der Waals surface area contributed by atoms with E-state index >= 15 is 0 Å². The summed E-state index contributed by atoms with van der Waals surface area (Å²) in [6.45, 7) is 0. The van der Waals surface area contributed by atoms with E-state index < -0.39 is 16.0 Å². The van der Waals surface area contributed by atoms with E-state index in [1.807, 2.05) is 12.1 Å². The molecule has 4 aromatic rings. The minimum Gasteiger partial charge on any atom is -0.496 e. The number of hydrogen-bond donors (Lipinski definition) is 2. The first-order chi connectivity index (χ1) is 15.9. The van der Waals surface area contributed by atoms with E-state index in [0.717, 1.165) is 0 Å². The maximum atomic E-state index is 13.3. The molecule has 0 aliphatic rings. The molecule has 0 aliphatic carbocycles. The van der Waals surface area contributed by atoms with E-state index in [9.17, 15) is 13.2 Å². The lowest BCUT2D eigenvalue weighted by molar-refractivity contribution is 0.0697. The number of ether oxygens (including phenoxy) is 1. The van der Waals surface area contributed by atoms with Crippen molar-refractivity contribution in [1.82, 2.24) is 0 Å². The Morgan fingerprint density at radius 1 is 0.848 bits per heavy atom. The van der Waals surface area contributed by atoms with Crippen molar-refractivity contribution < 1.29 is 23.1 Å². The second-order valence-corrected chi connectivity index (χ2v) is 8.75. The van der Waals surface area contributed by atoms with Gasteiger partial charge in [0.05, 0.1) is 23.3 Å². The van der Waals surface area contributed by atoms with Crippen LogP contribution in [0.3, 0.4) is 0 Å². The Bertz CT molecular complexity index is 1510. The Kier molecular flexibility index (Phi) is 6.03. The number of fused-ring (bicyclic) bond motifs is 1. The van der Waals surface area contributed by atoms with Crippen LogP contribution in [0.5, 0.6) is 5.75 Å². The third-order valence-corrected chi connectivity index (χ3v) is 6.42. The van der Waals surface area contributed by atoms with Crippen LogP contribution in [0.25, 0.3) is 10.8 Å². The molecule has 0 amide bonds. The first-order valence-electron chi connectivity index (χ1n) is 9.92. The molecule has 0 saturated carbocycles. The van der Waals surface area contributed by atoms with Crippen molar-refractivity contribution >= 4 is 32.5 Å². The summed E-state index contributed by atoms with van der Waals surface area (Å²) in [6, 6.07) is 23.3. The molecule has 0 bridgehead atoms. The quantitative estimate of drug-likeness (QED) is 0.422. The van der Waals surface area contributed by atoms with Gasteiger partial charge in [0.25, 0.3) is 10.0 Å². The third kappa shape index (κ3) is 4.66. The zero-order valence-electron chi connectivity index (χ0n) is 17.6. The van der Waals surface area contributed by atoms with E-state index in [0.29, 0.717) is 33.3 Å². The highest BCUT2D eigenvalue weighted by atomic mass is 32.2. The smallest absolute Gasteiger partial charge is 0.335 e. The van der Waals surface area contributed by atoms with Gasteiger partial charge in [-0.3, -0.25) is 4.72 Å². The second kappa shape index (κ2) is 9.07. The van der Waals surface area contributed by atoms with Gasteiger partial charge < -0.3 is 9.84 Å². The highest BCUT2D eigenvalue weighted by Gasteiger charge is 2.20. The molecule has 0 unspecified atom stereocenters. The van der Waals surface area contributed by atoms with Crippen molar-refractivity contribution in [2.24, 2.45) is 0 Å². The SMILES string of the molecule is COc1ccc(S(=O)(=O)Nc2ccccc2C#Cc2ccc(C(=O)O)cc2)c2ccccc12. The molecule has 0 radical (unpaired) electrons. The van der Waals surface area contributed by atoms with Crippen LogP contribution < -0.4 is 9.46 Å². The Hall–Kier alpha value is -4.28. The Morgan fingerprint density at radius 2 is 1.52 bits per heavy atom. The van der Waals surface area contributed by atoms with Crippen molar-refractivity contribution in [3.8, 4) is 17.6 Å². The zero-order valence-corrected chi connectivity index (χ0v) is 18.4. The van der Waals surface area contributed by atoms with E-state index in [-0.39, 0.29) is 10.5 Å². The van der Waals surface area contributed by atoms with Crippen LogP contribution in [-0.4, -0.2) is 26.6 Å². The molecule has 0 atom stereocenters. The summed E-state index contributed by atoms with van der Waals surface area (Å²) in [4.78, 5) is 11.1. The van der Waals surface area contributed by atoms with Crippen LogP contribution in [0.2, 0.25) is 0 Å². The van der Waals surface area contributed by atoms with E-state index in [1.165, 1.54) is 18.2 Å². The number of carboxylic acids is 1. The van der Waals surface area contributed by atoms with E-state index in [2.05, 4.69) is 16.6 Å². The maximum absolute atomic E-state index is 13.3. The molecule has 0 heterocycles. The van der Waals surface area contributed by atoms with Crippen LogP contribution in [-0.2, 0) is 10.0 Å². The van der Waals surface area contributed by atoms with Crippen molar-refractivity contribution in [1.29, 1.82) is 0 Å². The van der Waals surface area contributed by atoms with Crippen molar-refractivity contribution in [3.63, 3.8) is 0 Å². The van der Waals surface area contributed by atoms with Gasteiger partial charge in [-0.15, -0.1) is 0 Å². The van der Waals surface area contributed by atoms with Gasteiger partial charge in [0.2, 0.25) is 0 Å². The molecule has 164 valence electrons. The van der Waals surface area contributed by atoms with Gasteiger partial charge in [-0.2, -0.15) is 0 Å². The van der Waals surface area contributed by atoms with E-state index in [1.54, 1.807) is 61.7 Å². The molecule has 0 fully saturated rings. The van der Waals surface area contributed by atoms with Crippen molar-refractivity contribution in [2.45, 2.75) is 4.90 Å². The molecule has 2 N–H and O–H groups in total. The van der Waals surface area contributed by atoms with E-state index in [4.69, 9.17) is 9.84 Å². The summed E-state index contributed by atoms with van der Waals surface area (Å²) >= 11 is 0. The standard InChI is InChI=1S/C26H19NO5S/c1-32-24-16-17-25(22-8-4-3-7-21(22)24)33(30,31)27-23-9-5-2-6-19(23)13-10-18-11-14-20(15-12-18)26(28)29/h2-9,11-12,14-17,27H,1H3,(H,28,29). The molecular weight excluding hydrogens is 438 g/mol. The lowest BCUT2D eigenvalue weighted by atomic mass is 10.1. The summed E-state index contributed by atoms with van der Waals surface area (Å²) in [5.74, 6) is 5.48. The Balaban J connectivity index is 1.69. The largest absolute Gasteiger partial charge is 0.496 e. The molecule has 0 saturated heterocycles. The molecule has 0 aliphatic heterocycles. The Labute approximate surface area is 191 Å². The highest BCUT2D eigenvalue weighted by Crippen LogP contribution is 2.32. The molecule has 4 aromatic carbocycles. The molecule has 0 spiro atoms. The van der Waals surface area contributed by atoms with Crippen LogP contribution in [0.1, 0.15) is 21.5 Å². The number of carboxylic acid groups (broad SMARTS) is 1. The monoisotopic (exact) mass is 457 g/mol. The average molecular weight is 458 g/mol. The van der Waals surface area contributed by atoms with Gasteiger partial charge in [-0.25, -0.2) is 13.2 Å².